The number of hydrogen-bond acceptors (Lipinski definition) is 3. The van der Waals surface area contributed by atoms with Crippen LogP contribution in [-0.2, 0) is 15.0 Å². The van der Waals surface area contributed by atoms with Gasteiger partial charge in [-0.3, -0.25) is 4.79 Å². The highest BCUT2D eigenvalue weighted by Gasteiger charge is 2.28. The van der Waals surface area contributed by atoms with E-state index in [9.17, 15) is 13.2 Å². The summed E-state index contributed by atoms with van der Waals surface area (Å²) in [4.78, 5) is 10.9. The Morgan fingerprint density at radius 1 is 1.41 bits per heavy atom. The van der Waals surface area contributed by atoms with Crippen LogP contribution in [0.5, 0.6) is 0 Å². The van der Waals surface area contributed by atoms with Gasteiger partial charge in [0.05, 0.1) is 5.92 Å². The molecule has 0 aromatic carbocycles. The van der Waals surface area contributed by atoms with Crippen LogP contribution < -0.4 is 9.44 Å². The van der Waals surface area contributed by atoms with Gasteiger partial charge in [0.25, 0.3) is 10.2 Å². The van der Waals surface area contributed by atoms with Crippen LogP contribution in [0.3, 0.4) is 0 Å². The highest BCUT2D eigenvalue weighted by molar-refractivity contribution is 7.87. The number of aliphatic carboxylic acids is 1. The topological polar surface area (TPSA) is 95.5 Å². The molecule has 0 bridgehead atoms. The lowest BCUT2D eigenvalue weighted by atomic mass is 9.98. The van der Waals surface area contributed by atoms with Gasteiger partial charge in [-0.1, -0.05) is 13.8 Å². The molecule has 3 N–H and O–H groups in total. The van der Waals surface area contributed by atoms with Crippen molar-refractivity contribution in [2.45, 2.75) is 39.2 Å². The van der Waals surface area contributed by atoms with Gasteiger partial charge in [0, 0.05) is 12.6 Å². The Balaban J connectivity index is 2.41. The minimum Gasteiger partial charge on any atom is -0.481 e. The van der Waals surface area contributed by atoms with Gasteiger partial charge in [0.2, 0.25) is 0 Å². The first-order chi connectivity index (χ1) is 7.80. The van der Waals surface area contributed by atoms with Crippen LogP contribution in [0.2, 0.25) is 0 Å². The Labute approximate surface area is 102 Å². The van der Waals surface area contributed by atoms with Crippen molar-refractivity contribution in [3.8, 4) is 0 Å². The van der Waals surface area contributed by atoms with Gasteiger partial charge in [0.15, 0.2) is 0 Å². The molecular weight excluding hydrogens is 244 g/mol. The number of carboxylic acid groups (broad SMARTS) is 1. The summed E-state index contributed by atoms with van der Waals surface area (Å²) in [6.07, 6.45) is 2.17. The van der Waals surface area contributed by atoms with E-state index >= 15 is 0 Å². The van der Waals surface area contributed by atoms with Crippen molar-refractivity contribution >= 4 is 16.2 Å². The molecule has 0 saturated heterocycles. The van der Waals surface area contributed by atoms with E-state index in [1.54, 1.807) is 0 Å². The average Bonchev–Trinajstić information content (AvgIpc) is 2.94. The molecule has 1 fully saturated rings. The Bertz CT molecular complexity index is 363. The highest BCUT2D eigenvalue weighted by atomic mass is 32.2. The van der Waals surface area contributed by atoms with Crippen LogP contribution in [0.25, 0.3) is 0 Å². The molecule has 6 nitrogen and oxygen atoms in total. The van der Waals surface area contributed by atoms with Gasteiger partial charge in [-0.05, 0) is 25.2 Å². The van der Waals surface area contributed by atoms with Crippen molar-refractivity contribution in [1.82, 2.24) is 9.44 Å². The van der Waals surface area contributed by atoms with E-state index in [-0.39, 0.29) is 18.5 Å². The average molecular weight is 264 g/mol. The van der Waals surface area contributed by atoms with Crippen LogP contribution in [-0.4, -0.2) is 32.1 Å². The van der Waals surface area contributed by atoms with E-state index in [0.717, 1.165) is 12.8 Å². The van der Waals surface area contributed by atoms with Crippen LogP contribution >= 0.6 is 0 Å². The van der Waals surface area contributed by atoms with Gasteiger partial charge < -0.3 is 5.11 Å². The molecule has 0 spiro atoms. The van der Waals surface area contributed by atoms with E-state index in [4.69, 9.17) is 5.11 Å². The molecule has 0 heterocycles. The van der Waals surface area contributed by atoms with Gasteiger partial charge >= 0.3 is 5.97 Å². The number of carbonyl (C=O) groups is 1. The van der Waals surface area contributed by atoms with Crippen LogP contribution in [0.1, 0.15) is 33.1 Å². The van der Waals surface area contributed by atoms with E-state index in [1.807, 2.05) is 13.8 Å². The fraction of sp³-hybridized carbons (Fsp3) is 0.900. The molecule has 0 aliphatic heterocycles. The first-order valence-corrected chi connectivity index (χ1v) is 7.28. The second-order valence-electron chi connectivity index (χ2n) is 4.91. The summed E-state index contributed by atoms with van der Waals surface area (Å²) in [5.74, 6) is -1.42. The monoisotopic (exact) mass is 264 g/mol. The van der Waals surface area contributed by atoms with Crippen molar-refractivity contribution in [2.75, 3.05) is 6.54 Å². The van der Waals surface area contributed by atoms with Gasteiger partial charge in [0.1, 0.15) is 0 Å². The maximum atomic E-state index is 11.5. The third kappa shape index (κ3) is 5.99. The largest absolute Gasteiger partial charge is 0.481 e. The summed E-state index contributed by atoms with van der Waals surface area (Å²) in [6.45, 7) is 3.76. The predicted octanol–water partition coefficient (Wildman–Crippen LogP) is 0.320. The summed E-state index contributed by atoms with van der Waals surface area (Å²) in [5, 5.41) is 8.96. The summed E-state index contributed by atoms with van der Waals surface area (Å²) >= 11 is 0. The lowest BCUT2D eigenvalue weighted by Gasteiger charge is -2.15. The first kappa shape index (κ1) is 14.4. The van der Waals surface area contributed by atoms with Gasteiger partial charge in [-0.25, -0.2) is 4.72 Å². The van der Waals surface area contributed by atoms with E-state index in [1.165, 1.54) is 0 Å². The second kappa shape index (κ2) is 5.79. The summed E-state index contributed by atoms with van der Waals surface area (Å²) in [6, 6.07) is 0.0286. The lowest BCUT2D eigenvalue weighted by Crippen LogP contribution is -2.41. The van der Waals surface area contributed by atoms with Crippen molar-refractivity contribution in [1.29, 1.82) is 0 Å². The van der Waals surface area contributed by atoms with E-state index in [2.05, 4.69) is 9.44 Å². The maximum Gasteiger partial charge on any atom is 0.307 e. The summed E-state index contributed by atoms with van der Waals surface area (Å²) in [5.41, 5.74) is 0. The third-order valence-corrected chi connectivity index (χ3v) is 3.71. The Morgan fingerprint density at radius 2 is 2.00 bits per heavy atom. The van der Waals surface area contributed by atoms with Gasteiger partial charge in [-0.15, -0.1) is 0 Å². The summed E-state index contributed by atoms with van der Waals surface area (Å²) < 4.78 is 27.7. The fourth-order valence-corrected chi connectivity index (χ4v) is 2.69. The normalized spacial score (nSPS) is 18.3. The zero-order valence-electron chi connectivity index (χ0n) is 10.1. The van der Waals surface area contributed by atoms with Crippen LogP contribution in [0.15, 0.2) is 0 Å². The Morgan fingerprint density at radius 3 is 2.41 bits per heavy atom. The summed E-state index contributed by atoms with van der Waals surface area (Å²) in [7, 11) is -3.55. The molecule has 1 aliphatic rings. The maximum absolute atomic E-state index is 11.5. The number of nitrogens with one attached hydrogen (secondary N) is 2. The smallest absolute Gasteiger partial charge is 0.307 e. The fourth-order valence-electron chi connectivity index (χ4n) is 1.51. The number of hydrogen-bond donors (Lipinski definition) is 3. The predicted molar refractivity (Wildman–Crippen MR) is 63.7 cm³/mol. The Hall–Kier alpha value is -0.660. The molecule has 7 heteroatoms. The first-order valence-electron chi connectivity index (χ1n) is 5.80. The van der Waals surface area contributed by atoms with Crippen LogP contribution in [0.4, 0.5) is 0 Å². The van der Waals surface area contributed by atoms with Crippen LogP contribution in [0, 0.1) is 11.8 Å². The molecule has 1 saturated carbocycles. The standard InChI is InChI=1S/C10H20N2O4S/c1-7(2)5-8(10(13)14)6-11-17(15,16)12-9-3-4-9/h7-9,11-12H,3-6H2,1-2H3,(H,13,14). The van der Waals surface area contributed by atoms with Gasteiger partial charge in [-0.2, -0.15) is 13.1 Å². The minimum absolute atomic E-state index is 0.0286. The van der Waals surface area contributed by atoms with Crippen molar-refractivity contribution in [2.24, 2.45) is 11.8 Å². The quantitative estimate of drug-likeness (QED) is 0.588. The van der Waals surface area contributed by atoms with Crippen molar-refractivity contribution in [3.05, 3.63) is 0 Å². The third-order valence-electron chi connectivity index (χ3n) is 2.52. The SMILES string of the molecule is CC(C)CC(CNS(=O)(=O)NC1CC1)C(=O)O. The molecule has 0 radical (unpaired) electrons. The molecule has 17 heavy (non-hydrogen) atoms. The molecule has 1 rings (SSSR count). The zero-order chi connectivity index (χ0) is 13.1. The molecule has 1 unspecified atom stereocenters. The van der Waals surface area contributed by atoms with Crippen molar-refractivity contribution < 1.29 is 18.3 Å². The van der Waals surface area contributed by atoms with Crippen molar-refractivity contribution in [3.63, 3.8) is 0 Å². The van der Waals surface area contributed by atoms with E-state index in [0.29, 0.717) is 6.42 Å². The molecule has 100 valence electrons. The molecule has 1 aliphatic carbocycles. The molecule has 0 aromatic heterocycles. The molecule has 0 aromatic rings. The van der Waals surface area contributed by atoms with E-state index < -0.39 is 22.1 Å². The minimum atomic E-state index is -3.55. The number of rotatable bonds is 8. The molecular formula is C10H20N2O4S. The molecule has 1 atom stereocenters. The zero-order valence-corrected chi connectivity index (χ0v) is 11.0. The second-order valence-corrected chi connectivity index (χ2v) is 6.44. The highest BCUT2D eigenvalue weighted by Crippen LogP contribution is 2.19. The lowest BCUT2D eigenvalue weighted by molar-refractivity contribution is -0.142. The Kier molecular flexibility index (Phi) is 4.91. The number of carboxylic acids is 1. The molecule has 0 amide bonds.